The first-order chi connectivity index (χ1) is 9.67. The number of hydrogen-bond donors (Lipinski definition) is 1. The number of phenols is 1. The van der Waals surface area contributed by atoms with Crippen molar-refractivity contribution >= 4 is 16.7 Å². The summed E-state index contributed by atoms with van der Waals surface area (Å²) >= 11 is 0. The molecule has 0 aliphatic carbocycles. The van der Waals surface area contributed by atoms with Crippen LogP contribution < -0.4 is 0 Å². The Hall–Kier alpha value is -2.10. The fraction of sp³-hybridized carbons (Fsp3) is 0.353. The van der Waals surface area contributed by atoms with Crippen molar-refractivity contribution in [2.75, 3.05) is 0 Å². The maximum atomic E-state index is 13.3. The predicted molar refractivity (Wildman–Crippen MR) is 79.9 cm³/mol. The normalized spacial score (nSPS) is 11.7. The fourth-order valence-electron chi connectivity index (χ4n) is 2.23. The minimum atomic E-state index is -0.549. The monoisotopic (exact) mass is 290 g/mol. The van der Waals surface area contributed by atoms with Gasteiger partial charge in [-0.3, -0.25) is 4.79 Å². The average molecular weight is 290 g/mol. The number of phenolic OH excluding ortho intramolecular Hbond substituents is 1. The van der Waals surface area contributed by atoms with Crippen LogP contribution in [0.25, 0.3) is 10.8 Å². The third kappa shape index (κ3) is 3.51. The maximum Gasteiger partial charge on any atom is 0.310 e. The molecular weight excluding hydrogens is 271 g/mol. The molecular formula is C17H19FO3. The van der Waals surface area contributed by atoms with Crippen LogP contribution in [0.1, 0.15) is 31.9 Å². The molecule has 2 aromatic rings. The second-order valence-electron chi connectivity index (χ2n) is 6.14. The number of rotatable bonds is 2. The van der Waals surface area contributed by atoms with Crippen molar-refractivity contribution in [3.8, 4) is 5.75 Å². The Morgan fingerprint density at radius 3 is 2.57 bits per heavy atom. The molecule has 0 spiro atoms. The van der Waals surface area contributed by atoms with Gasteiger partial charge < -0.3 is 9.84 Å². The van der Waals surface area contributed by atoms with Gasteiger partial charge in [0.15, 0.2) is 0 Å². The summed E-state index contributed by atoms with van der Waals surface area (Å²) in [5.41, 5.74) is 0.701. The summed E-state index contributed by atoms with van der Waals surface area (Å²) in [4.78, 5) is 11.9. The van der Waals surface area contributed by atoms with E-state index in [0.717, 1.165) is 0 Å². The van der Waals surface area contributed by atoms with Gasteiger partial charge in [-0.25, -0.2) is 4.39 Å². The number of carbonyl (C=O) groups excluding carboxylic acids is 1. The Morgan fingerprint density at radius 1 is 1.29 bits per heavy atom. The van der Waals surface area contributed by atoms with Gasteiger partial charge in [0, 0.05) is 5.39 Å². The summed E-state index contributed by atoms with van der Waals surface area (Å²) in [5, 5.41) is 11.3. The van der Waals surface area contributed by atoms with Crippen LogP contribution in [-0.4, -0.2) is 16.7 Å². The second-order valence-corrected chi connectivity index (χ2v) is 6.14. The van der Waals surface area contributed by atoms with E-state index in [1.807, 2.05) is 0 Å². The molecule has 0 aromatic heterocycles. The van der Waals surface area contributed by atoms with Gasteiger partial charge in [0.25, 0.3) is 0 Å². The van der Waals surface area contributed by atoms with E-state index < -0.39 is 11.4 Å². The highest BCUT2D eigenvalue weighted by Gasteiger charge is 2.19. The Balaban J connectivity index is 2.39. The van der Waals surface area contributed by atoms with Crippen LogP contribution in [0, 0.1) is 12.7 Å². The van der Waals surface area contributed by atoms with Crippen LogP contribution in [0.15, 0.2) is 24.3 Å². The van der Waals surface area contributed by atoms with Gasteiger partial charge in [-0.05, 0) is 56.3 Å². The predicted octanol–water partition coefficient (Wildman–Crippen LogP) is 3.88. The summed E-state index contributed by atoms with van der Waals surface area (Å²) in [6.07, 6.45) is 0.0734. The molecule has 0 bridgehead atoms. The summed E-state index contributed by atoms with van der Waals surface area (Å²) in [6.45, 7) is 7.12. The van der Waals surface area contributed by atoms with Crippen LogP contribution in [0.5, 0.6) is 5.75 Å². The second kappa shape index (κ2) is 5.35. The zero-order valence-electron chi connectivity index (χ0n) is 12.7. The molecule has 0 aliphatic heterocycles. The smallest absolute Gasteiger partial charge is 0.310 e. The van der Waals surface area contributed by atoms with Crippen molar-refractivity contribution in [3.05, 3.63) is 41.2 Å². The van der Waals surface area contributed by atoms with Crippen molar-refractivity contribution in [1.82, 2.24) is 0 Å². The molecule has 0 unspecified atom stereocenters. The highest BCUT2D eigenvalue weighted by Crippen LogP contribution is 2.32. The lowest BCUT2D eigenvalue weighted by molar-refractivity contribution is -0.153. The fourth-order valence-corrected chi connectivity index (χ4v) is 2.23. The van der Waals surface area contributed by atoms with Gasteiger partial charge in [0.1, 0.15) is 17.2 Å². The molecule has 0 radical (unpaired) electrons. The highest BCUT2D eigenvalue weighted by molar-refractivity contribution is 5.91. The van der Waals surface area contributed by atoms with Crippen molar-refractivity contribution in [3.63, 3.8) is 0 Å². The van der Waals surface area contributed by atoms with E-state index in [1.54, 1.807) is 39.8 Å². The van der Waals surface area contributed by atoms with Gasteiger partial charge in [0.2, 0.25) is 0 Å². The third-order valence-electron chi connectivity index (χ3n) is 3.19. The maximum absolute atomic E-state index is 13.3. The largest absolute Gasteiger partial charge is 0.507 e. The number of aromatic hydroxyl groups is 1. The summed E-state index contributed by atoms with van der Waals surface area (Å²) in [5.74, 6) is -0.755. The number of esters is 1. The highest BCUT2D eigenvalue weighted by atomic mass is 19.1. The molecule has 2 aromatic carbocycles. The van der Waals surface area contributed by atoms with E-state index in [1.165, 1.54) is 12.1 Å². The van der Waals surface area contributed by atoms with Gasteiger partial charge in [-0.1, -0.05) is 12.1 Å². The number of hydrogen-bond acceptors (Lipinski definition) is 3. The molecule has 0 aliphatic rings. The third-order valence-corrected chi connectivity index (χ3v) is 3.19. The Labute approximate surface area is 123 Å². The van der Waals surface area contributed by atoms with Crippen molar-refractivity contribution < 1.29 is 19.0 Å². The number of fused-ring (bicyclic) bond motifs is 1. The lowest BCUT2D eigenvalue weighted by atomic mass is 9.98. The number of benzene rings is 2. The number of ether oxygens (including phenoxy) is 1. The lowest BCUT2D eigenvalue weighted by Crippen LogP contribution is -2.25. The quantitative estimate of drug-likeness (QED) is 0.854. The summed E-state index contributed by atoms with van der Waals surface area (Å²) in [6, 6.07) is 5.99. The molecule has 0 atom stereocenters. The van der Waals surface area contributed by atoms with Crippen molar-refractivity contribution in [2.24, 2.45) is 0 Å². The molecule has 2 rings (SSSR count). The minimum absolute atomic E-state index is 0.00515. The zero-order chi connectivity index (χ0) is 15.8. The molecule has 0 saturated carbocycles. The van der Waals surface area contributed by atoms with Gasteiger partial charge in [-0.15, -0.1) is 0 Å². The van der Waals surface area contributed by atoms with Crippen molar-refractivity contribution in [1.29, 1.82) is 0 Å². The standard InChI is InChI=1S/C17H19FO3/c1-10-12(8-15(19)21-17(2,3)4)7-11-5-6-13(18)9-14(11)16(10)20/h5-7,9,20H,8H2,1-4H3. The summed E-state index contributed by atoms with van der Waals surface area (Å²) < 4.78 is 18.5. The van der Waals surface area contributed by atoms with Gasteiger partial charge >= 0.3 is 5.97 Å². The lowest BCUT2D eigenvalue weighted by Gasteiger charge is -2.20. The molecule has 0 heterocycles. The first-order valence-corrected chi connectivity index (χ1v) is 6.80. The average Bonchev–Trinajstić information content (AvgIpc) is 2.34. The molecule has 0 fully saturated rings. The molecule has 4 heteroatoms. The number of carbonyl (C=O) groups is 1. The van der Waals surface area contributed by atoms with E-state index in [4.69, 9.17) is 4.74 Å². The van der Waals surface area contributed by atoms with E-state index in [9.17, 15) is 14.3 Å². The topological polar surface area (TPSA) is 46.5 Å². The van der Waals surface area contributed by atoms with E-state index in [-0.39, 0.29) is 18.1 Å². The van der Waals surface area contributed by atoms with Gasteiger partial charge in [0.05, 0.1) is 6.42 Å². The Kier molecular flexibility index (Phi) is 3.90. The van der Waals surface area contributed by atoms with E-state index in [2.05, 4.69) is 0 Å². The van der Waals surface area contributed by atoms with Crippen LogP contribution >= 0.6 is 0 Å². The van der Waals surface area contributed by atoms with Crippen LogP contribution in [0.2, 0.25) is 0 Å². The zero-order valence-corrected chi connectivity index (χ0v) is 12.7. The Bertz CT molecular complexity index is 699. The minimum Gasteiger partial charge on any atom is -0.507 e. The SMILES string of the molecule is Cc1c(CC(=O)OC(C)(C)C)cc2ccc(F)cc2c1O. The summed E-state index contributed by atoms with van der Waals surface area (Å²) in [7, 11) is 0. The van der Waals surface area contributed by atoms with E-state index >= 15 is 0 Å². The molecule has 112 valence electrons. The van der Waals surface area contributed by atoms with Crippen LogP contribution in [0.3, 0.4) is 0 Å². The first kappa shape index (κ1) is 15.3. The van der Waals surface area contributed by atoms with Gasteiger partial charge in [-0.2, -0.15) is 0 Å². The van der Waals surface area contributed by atoms with Crippen LogP contribution in [0.4, 0.5) is 4.39 Å². The van der Waals surface area contributed by atoms with Crippen LogP contribution in [-0.2, 0) is 16.0 Å². The Morgan fingerprint density at radius 2 is 1.95 bits per heavy atom. The molecule has 3 nitrogen and oxygen atoms in total. The molecule has 1 N–H and O–H groups in total. The molecule has 0 saturated heterocycles. The molecule has 21 heavy (non-hydrogen) atoms. The molecule has 0 amide bonds. The van der Waals surface area contributed by atoms with Crippen molar-refractivity contribution in [2.45, 2.75) is 39.7 Å². The first-order valence-electron chi connectivity index (χ1n) is 6.80. The van der Waals surface area contributed by atoms with E-state index in [0.29, 0.717) is 21.9 Å². The number of halogens is 1.